The van der Waals surface area contributed by atoms with Gasteiger partial charge >= 0.3 is 0 Å². The van der Waals surface area contributed by atoms with Crippen LogP contribution in [0.1, 0.15) is 53.6 Å². The first-order chi connectivity index (χ1) is 9.74. The van der Waals surface area contributed by atoms with Crippen molar-refractivity contribution < 1.29 is 9.59 Å². The SMILES string of the molecule is O=C1CCCc2cc(CC(=O)N3CCCCC3)ccc21. The molecule has 1 aromatic rings. The Bertz CT molecular complexity index is 530. The average Bonchev–Trinajstić information content (AvgIpc) is 2.48. The van der Waals surface area contributed by atoms with Crippen LogP contribution < -0.4 is 0 Å². The molecule has 3 rings (SSSR count). The Morgan fingerprint density at radius 1 is 1.05 bits per heavy atom. The van der Waals surface area contributed by atoms with Gasteiger partial charge in [0, 0.05) is 25.1 Å². The van der Waals surface area contributed by atoms with Gasteiger partial charge in [0.2, 0.25) is 5.91 Å². The summed E-state index contributed by atoms with van der Waals surface area (Å²) in [5, 5.41) is 0. The number of aryl methyl sites for hydroxylation is 1. The van der Waals surface area contributed by atoms with Gasteiger partial charge in [0.05, 0.1) is 6.42 Å². The molecule has 106 valence electrons. The van der Waals surface area contributed by atoms with Gasteiger partial charge in [-0.15, -0.1) is 0 Å². The van der Waals surface area contributed by atoms with E-state index < -0.39 is 0 Å². The minimum Gasteiger partial charge on any atom is -0.342 e. The number of piperidine rings is 1. The lowest BCUT2D eigenvalue weighted by Gasteiger charge is -2.27. The molecule has 1 aliphatic carbocycles. The highest BCUT2D eigenvalue weighted by Gasteiger charge is 2.20. The zero-order chi connectivity index (χ0) is 13.9. The lowest BCUT2D eigenvalue weighted by atomic mass is 9.89. The number of hydrogen-bond acceptors (Lipinski definition) is 2. The maximum atomic E-state index is 12.3. The van der Waals surface area contributed by atoms with Gasteiger partial charge in [-0.3, -0.25) is 9.59 Å². The summed E-state index contributed by atoms with van der Waals surface area (Å²) in [6.45, 7) is 1.81. The quantitative estimate of drug-likeness (QED) is 0.829. The topological polar surface area (TPSA) is 37.4 Å². The molecule has 0 bridgehead atoms. The molecule has 1 aliphatic heterocycles. The molecule has 0 spiro atoms. The van der Waals surface area contributed by atoms with Crippen LogP contribution in [0.25, 0.3) is 0 Å². The Morgan fingerprint density at radius 3 is 2.65 bits per heavy atom. The Labute approximate surface area is 120 Å². The van der Waals surface area contributed by atoms with E-state index in [1.165, 1.54) is 6.42 Å². The summed E-state index contributed by atoms with van der Waals surface area (Å²) in [6.07, 6.45) is 6.54. The second-order valence-corrected chi connectivity index (χ2v) is 5.89. The monoisotopic (exact) mass is 271 g/mol. The van der Waals surface area contributed by atoms with Crippen LogP contribution in [0.4, 0.5) is 0 Å². The fraction of sp³-hybridized carbons (Fsp3) is 0.529. The van der Waals surface area contributed by atoms with Gasteiger partial charge in [-0.25, -0.2) is 0 Å². The molecule has 0 radical (unpaired) electrons. The van der Waals surface area contributed by atoms with Crippen LogP contribution in [0.5, 0.6) is 0 Å². The van der Waals surface area contributed by atoms with E-state index in [-0.39, 0.29) is 11.7 Å². The van der Waals surface area contributed by atoms with Gasteiger partial charge in [-0.2, -0.15) is 0 Å². The normalized spacial score (nSPS) is 18.8. The summed E-state index contributed by atoms with van der Waals surface area (Å²) in [5.74, 6) is 0.479. The smallest absolute Gasteiger partial charge is 0.226 e. The molecular formula is C17H21NO2. The highest BCUT2D eigenvalue weighted by molar-refractivity contribution is 5.98. The van der Waals surface area contributed by atoms with E-state index in [1.807, 2.05) is 17.0 Å². The fourth-order valence-electron chi connectivity index (χ4n) is 3.24. The first-order valence-corrected chi connectivity index (χ1v) is 7.67. The number of Topliss-reactive ketones (excluding diaryl/α,β-unsaturated/α-hetero) is 1. The van der Waals surface area contributed by atoms with E-state index in [2.05, 4.69) is 6.07 Å². The third-order valence-corrected chi connectivity index (χ3v) is 4.38. The van der Waals surface area contributed by atoms with Crippen molar-refractivity contribution in [3.8, 4) is 0 Å². The number of carbonyl (C=O) groups excluding carboxylic acids is 2. The van der Waals surface area contributed by atoms with Crippen LogP contribution in [-0.4, -0.2) is 29.7 Å². The van der Waals surface area contributed by atoms with Gasteiger partial charge < -0.3 is 4.90 Å². The van der Waals surface area contributed by atoms with Crippen molar-refractivity contribution in [1.29, 1.82) is 0 Å². The van der Waals surface area contributed by atoms with Crippen molar-refractivity contribution in [2.75, 3.05) is 13.1 Å². The Balaban J connectivity index is 1.71. The second-order valence-electron chi connectivity index (χ2n) is 5.89. The number of ketones is 1. The Kier molecular flexibility index (Phi) is 3.86. The first kappa shape index (κ1) is 13.3. The summed E-state index contributed by atoms with van der Waals surface area (Å²) in [5.41, 5.74) is 3.05. The fourth-order valence-corrected chi connectivity index (χ4v) is 3.24. The molecule has 1 heterocycles. The van der Waals surface area contributed by atoms with Gasteiger partial charge in [-0.1, -0.05) is 18.2 Å². The molecule has 1 amide bonds. The van der Waals surface area contributed by atoms with Crippen molar-refractivity contribution in [1.82, 2.24) is 4.90 Å². The van der Waals surface area contributed by atoms with Crippen molar-refractivity contribution in [3.05, 3.63) is 34.9 Å². The number of likely N-dealkylation sites (tertiary alicyclic amines) is 1. The van der Waals surface area contributed by atoms with Crippen LogP contribution in [0.15, 0.2) is 18.2 Å². The van der Waals surface area contributed by atoms with Gasteiger partial charge in [0.1, 0.15) is 0 Å². The number of nitrogens with zero attached hydrogens (tertiary/aromatic N) is 1. The summed E-state index contributed by atoms with van der Waals surface area (Å²) in [4.78, 5) is 26.0. The van der Waals surface area contributed by atoms with Crippen LogP contribution in [-0.2, 0) is 17.6 Å². The van der Waals surface area contributed by atoms with E-state index in [4.69, 9.17) is 0 Å². The number of hydrogen-bond donors (Lipinski definition) is 0. The van der Waals surface area contributed by atoms with E-state index in [1.54, 1.807) is 0 Å². The number of amides is 1. The lowest BCUT2D eigenvalue weighted by Crippen LogP contribution is -2.36. The molecule has 2 aliphatic rings. The molecule has 0 saturated carbocycles. The van der Waals surface area contributed by atoms with Gasteiger partial charge in [0.25, 0.3) is 0 Å². The predicted octanol–water partition coefficient (Wildman–Crippen LogP) is 2.76. The van der Waals surface area contributed by atoms with E-state index >= 15 is 0 Å². The molecule has 20 heavy (non-hydrogen) atoms. The average molecular weight is 271 g/mol. The standard InChI is InChI=1S/C17H21NO2/c19-16-6-4-5-14-11-13(7-8-15(14)16)12-17(20)18-9-2-1-3-10-18/h7-8,11H,1-6,9-10,12H2. The molecular weight excluding hydrogens is 250 g/mol. The number of rotatable bonds is 2. The van der Waals surface area contributed by atoms with Gasteiger partial charge in [-0.05, 0) is 43.2 Å². The maximum Gasteiger partial charge on any atom is 0.226 e. The number of fused-ring (bicyclic) bond motifs is 1. The summed E-state index contributed by atoms with van der Waals surface area (Å²) in [7, 11) is 0. The third-order valence-electron chi connectivity index (χ3n) is 4.38. The molecule has 3 heteroatoms. The molecule has 3 nitrogen and oxygen atoms in total. The van der Waals surface area contributed by atoms with Crippen molar-refractivity contribution in [2.24, 2.45) is 0 Å². The molecule has 1 saturated heterocycles. The highest BCUT2D eigenvalue weighted by Crippen LogP contribution is 2.23. The largest absolute Gasteiger partial charge is 0.342 e. The predicted molar refractivity (Wildman–Crippen MR) is 77.8 cm³/mol. The molecule has 1 fully saturated rings. The number of benzene rings is 1. The van der Waals surface area contributed by atoms with Crippen LogP contribution in [0, 0.1) is 0 Å². The zero-order valence-electron chi connectivity index (χ0n) is 11.9. The van der Waals surface area contributed by atoms with Crippen molar-refractivity contribution in [3.63, 3.8) is 0 Å². The number of carbonyl (C=O) groups is 2. The minimum atomic E-state index is 0.229. The molecule has 0 unspecified atom stereocenters. The highest BCUT2D eigenvalue weighted by atomic mass is 16.2. The lowest BCUT2D eigenvalue weighted by molar-refractivity contribution is -0.131. The Morgan fingerprint density at radius 2 is 1.85 bits per heavy atom. The van der Waals surface area contributed by atoms with E-state index in [0.29, 0.717) is 12.8 Å². The first-order valence-electron chi connectivity index (χ1n) is 7.67. The van der Waals surface area contributed by atoms with Crippen LogP contribution in [0.2, 0.25) is 0 Å². The van der Waals surface area contributed by atoms with Crippen LogP contribution >= 0.6 is 0 Å². The van der Waals surface area contributed by atoms with Gasteiger partial charge in [0.15, 0.2) is 5.78 Å². The van der Waals surface area contributed by atoms with Crippen molar-refractivity contribution in [2.45, 2.75) is 44.9 Å². The molecule has 0 atom stereocenters. The molecule has 1 aromatic carbocycles. The summed E-state index contributed by atoms with van der Waals surface area (Å²) in [6, 6.07) is 5.92. The zero-order valence-corrected chi connectivity index (χ0v) is 11.9. The Hall–Kier alpha value is -1.64. The third kappa shape index (κ3) is 2.77. The van der Waals surface area contributed by atoms with Crippen molar-refractivity contribution >= 4 is 11.7 Å². The summed E-state index contributed by atoms with van der Waals surface area (Å²) < 4.78 is 0. The van der Waals surface area contributed by atoms with E-state index in [0.717, 1.165) is 55.5 Å². The maximum absolute atomic E-state index is 12.3. The molecule has 0 N–H and O–H groups in total. The van der Waals surface area contributed by atoms with E-state index in [9.17, 15) is 9.59 Å². The summed E-state index contributed by atoms with van der Waals surface area (Å²) >= 11 is 0. The molecule has 0 aromatic heterocycles. The second kappa shape index (κ2) is 5.78. The van der Waals surface area contributed by atoms with Crippen LogP contribution in [0.3, 0.4) is 0 Å². The minimum absolute atomic E-state index is 0.229.